The zero-order valence-electron chi connectivity index (χ0n) is 18.6. The minimum atomic E-state index is -0.228. The first-order valence-electron chi connectivity index (χ1n) is 11.1. The summed E-state index contributed by atoms with van der Waals surface area (Å²) in [6, 6.07) is 12.9. The number of likely N-dealkylation sites (tertiary alicyclic amines) is 1. The molecule has 0 aromatic heterocycles. The lowest BCUT2D eigenvalue weighted by molar-refractivity contribution is -0.134. The van der Waals surface area contributed by atoms with Crippen molar-refractivity contribution >= 4 is 17.5 Å². The molecule has 166 valence electrons. The Bertz CT molecular complexity index is 887. The summed E-state index contributed by atoms with van der Waals surface area (Å²) in [4.78, 5) is 26.9. The van der Waals surface area contributed by atoms with Crippen LogP contribution in [0.25, 0.3) is 0 Å². The zero-order chi connectivity index (χ0) is 22.2. The van der Waals surface area contributed by atoms with E-state index in [1.54, 1.807) is 18.2 Å². The Labute approximate surface area is 184 Å². The number of carbonyl (C=O) groups excluding carboxylic acids is 2. The lowest BCUT2D eigenvalue weighted by atomic mass is 10.0. The van der Waals surface area contributed by atoms with E-state index in [2.05, 4.69) is 19.2 Å². The Morgan fingerprint density at radius 3 is 2.32 bits per heavy atom. The first kappa shape index (κ1) is 22.7. The van der Waals surface area contributed by atoms with Crippen molar-refractivity contribution in [2.24, 2.45) is 0 Å². The molecule has 2 aromatic carbocycles. The standard InChI is InChI=1S/C25H32N2O4/c1-4-30-23-16-20(25(29)26-21-11-8-19(9-12-21)18(2)3)10-13-22(23)31-17-24(28)27-14-6-5-7-15-27/h8-13,16,18H,4-7,14-15,17H2,1-3H3,(H,26,29). The molecule has 1 fully saturated rings. The Balaban J connectivity index is 1.65. The third kappa shape index (κ3) is 6.23. The van der Waals surface area contributed by atoms with Crippen molar-refractivity contribution in [2.75, 3.05) is 31.6 Å². The van der Waals surface area contributed by atoms with E-state index in [0.717, 1.165) is 31.6 Å². The fraction of sp³-hybridized carbons (Fsp3) is 0.440. The second kappa shape index (κ2) is 10.8. The van der Waals surface area contributed by atoms with Crippen molar-refractivity contribution in [1.29, 1.82) is 0 Å². The Hall–Kier alpha value is -3.02. The summed E-state index contributed by atoms with van der Waals surface area (Å²) in [7, 11) is 0. The van der Waals surface area contributed by atoms with Crippen molar-refractivity contribution in [2.45, 2.75) is 46.0 Å². The minimum Gasteiger partial charge on any atom is -0.490 e. The molecule has 0 aliphatic carbocycles. The van der Waals surface area contributed by atoms with Crippen molar-refractivity contribution in [1.82, 2.24) is 4.90 Å². The molecule has 1 N–H and O–H groups in total. The number of anilines is 1. The summed E-state index contributed by atoms with van der Waals surface area (Å²) in [6.45, 7) is 8.10. The third-order valence-electron chi connectivity index (χ3n) is 5.40. The summed E-state index contributed by atoms with van der Waals surface area (Å²) < 4.78 is 11.4. The number of hydrogen-bond donors (Lipinski definition) is 1. The minimum absolute atomic E-state index is 0.0196. The summed E-state index contributed by atoms with van der Waals surface area (Å²) >= 11 is 0. The van der Waals surface area contributed by atoms with Crippen LogP contribution in [0, 0.1) is 0 Å². The van der Waals surface area contributed by atoms with Crippen LogP contribution in [0.15, 0.2) is 42.5 Å². The van der Waals surface area contributed by atoms with E-state index >= 15 is 0 Å². The van der Waals surface area contributed by atoms with E-state index in [4.69, 9.17) is 9.47 Å². The van der Waals surface area contributed by atoms with Crippen LogP contribution in [0.3, 0.4) is 0 Å². The molecule has 6 heteroatoms. The molecule has 1 saturated heterocycles. The van der Waals surface area contributed by atoms with Crippen molar-refractivity contribution in [3.05, 3.63) is 53.6 Å². The van der Waals surface area contributed by atoms with Crippen LogP contribution in [0.5, 0.6) is 11.5 Å². The molecule has 1 aliphatic rings. The number of ether oxygens (including phenoxy) is 2. The summed E-state index contributed by atoms with van der Waals surface area (Å²) in [5.74, 6) is 1.11. The lowest BCUT2D eigenvalue weighted by Crippen LogP contribution is -2.38. The van der Waals surface area contributed by atoms with Gasteiger partial charge in [0.2, 0.25) is 0 Å². The number of hydrogen-bond acceptors (Lipinski definition) is 4. The fourth-order valence-electron chi connectivity index (χ4n) is 3.57. The van der Waals surface area contributed by atoms with Gasteiger partial charge in [-0.25, -0.2) is 0 Å². The highest BCUT2D eigenvalue weighted by molar-refractivity contribution is 6.04. The van der Waals surface area contributed by atoms with E-state index in [9.17, 15) is 9.59 Å². The second-order valence-corrected chi connectivity index (χ2v) is 8.06. The molecule has 2 aromatic rings. The van der Waals surface area contributed by atoms with Gasteiger partial charge in [0.1, 0.15) is 0 Å². The highest BCUT2D eigenvalue weighted by Gasteiger charge is 2.18. The Kier molecular flexibility index (Phi) is 7.93. The number of nitrogens with one attached hydrogen (secondary N) is 1. The van der Waals surface area contributed by atoms with Gasteiger partial charge in [-0.05, 0) is 68.0 Å². The summed E-state index contributed by atoms with van der Waals surface area (Å²) in [5.41, 5.74) is 2.42. The molecule has 2 amide bonds. The number of piperidine rings is 1. The maximum Gasteiger partial charge on any atom is 0.260 e. The molecule has 0 saturated carbocycles. The van der Waals surface area contributed by atoms with Gasteiger partial charge in [0.05, 0.1) is 6.61 Å². The normalized spacial score (nSPS) is 13.7. The monoisotopic (exact) mass is 424 g/mol. The molecule has 0 unspecified atom stereocenters. The van der Waals surface area contributed by atoms with Crippen LogP contribution >= 0.6 is 0 Å². The SMILES string of the molecule is CCOc1cc(C(=O)Nc2ccc(C(C)C)cc2)ccc1OCC(=O)N1CCCCC1. The first-order valence-corrected chi connectivity index (χ1v) is 11.1. The maximum absolute atomic E-state index is 12.7. The fourth-order valence-corrected chi connectivity index (χ4v) is 3.57. The average Bonchev–Trinajstić information content (AvgIpc) is 2.79. The van der Waals surface area contributed by atoms with Gasteiger partial charge in [-0.3, -0.25) is 9.59 Å². The molecule has 0 radical (unpaired) electrons. The molecule has 31 heavy (non-hydrogen) atoms. The molecule has 0 spiro atoms. The van der Waals surface area contributed by atoms with Gasteiger partial charge >= 0.3 is 0 Å². The van der Waals surface area contributed by atoms with E-state index in [-0.39, 0.29) is 18.4 Å². The molecule has 0 atom stereocenters. The topological polar surface area (TPSA) is 67.9 Å². The second-order valence-electron chi connectivity index (χ2n) is 8.06. The molecule has 6 nitrogen and oxygen atoms in total. The number of benzene rings is 2. The van der Waals surface area contributed by atoms with Crippen LogP contribution in [0.1, 0.15) is 61.9 Å². The van der Waals surface area contributed by atoms with Gasteiger partial charge in [0.15, 0.2) is 18.1 Å². The lowest BCUT2D eigenvalue weighted by Gasteiger charge is -2.26. The Morgan fingerprint density at radius 2 is 1.68 bits per heavy atom. The highest BCUT2D eigenvalue weighted by atomic mass is 16.5. The van der Waals surface area contributed by atoms with Crippen LogP contribution in [0.4, 0.5) is 5.69 Å². The first-order chi connectivity index (χ1) is 15.0. The van der Waals surface area contributed by atoms with Crippen molar-refractivity contribution < 1.29 is 19.1 Å². The quantitative estimate of drug-likeness (QED) is 0.658. The van der Waals surface area contributed by atoms with E-state index < -0.39 is 0 Å². The van der Waals surface area contributed by atoms with Crippen LogP contribution in [0.2, 0.25) is 0 Å². The largest absolute Gasteiger partial charge is 0.490 e. The van der Waals surface area contributed by atoms with Crippen LogP contribution in [-0.2, 0) is 4.79 Å². The molecule has 1 aliphatic heterocycles. The van der Waals surface area contributed by atoms with Gasteiger partial charge in [0, 0.05) is 24.3 Å². The number of rotatable bonds is 8. The summed E-state index contributed by atoms with van der Waals surface area (Å²) in [5, 5.41) is 2.91. The smallest absolute Gasteiger partial charge is 0.260 e. The molecule has 3 rings (SSSR count). The molecule has 0 bridgehead atoms. The van der Waals surface area contributed by atoms with Gasteiger partial charge in [0.25, 0.3) is 11.8 Å². The molecule has 1 heterocycles. The van der Waals surface area contributed by atoms with Crippen LogP contribution < -0.4 is 14.8 Å². The number of nitrogens with zero attached hydrogens (tertiary/aromatic N) is 1. The Morgan fingerprint density at radius 1 is 0.968 bits per heavy atom. The predicted octanol–water partition coefficient (Wildman–Crippen LogP) is 4.85. The molecular formula is C25H32N2O4. The van der Waals surface area contributed by atoms with Gasteiger partial charge in [-0.2, -0.15) is 0 Å². The third-order valence-corrected chi connectivity index (χ3v) is 5.40. The number of amides is 2. The zero-order valence-corrected chi connectivity index (χ0v) is 18.6. The van der Waals surface area contributed by atoms with E-state index in [1.165, 1.54) is 12.0 Å². The van der Waals surface area contributed by atoms with Crippen LogP contribution in [-0.4, -0.2) is 43.0 Å². The van der Waals surface area contributed by atoms with Crippen molar-refractivity contribution in [3.63, 3.8) is 0 Å². The maximum atomic E-state index is 12.7. The average molecular weight is 425 g/mol. The highest BCUT2D eigenvalue weighted by Crippen LogP contribution is 2.29. The van der Waals surface area contributed by atoms with E-state index in [1.807, 2.05) is 36.1 Å². The van der Waals surface area contributed by atoms with Crippen molar-refractivity contribution in [3.8, 4) is 11.5 Å². The van der Waals surface area contributed by atoms with E-state index in [0.29, 0.717) is 29.6 Å². The summed E-state index contributed by atoms with van der Waals surface area (Å²) in [6.07, 6.45) is 3.25. The van der Waals surface area contributed by atoms with Gasteiger partial charge in [-0.15, -0.1) is 0 Å². The van der Waals surface area contributed by atoms with Gasteiger partial charge in [-0.1, -0.05) is 26.0 Å². The van der Waals surface area contributed by atoms with Gasteiger partial charge < -0.3 is 19.7 Å². The number of carbonyl (C=O) groups is 2. The molecular weight excluding hydrogens is 392 g/mol. The predicted molar refractivity (Wildman–Crippen MR) is 122 cm³/mol.